The van der Waals surface area contributed by atoms with Crippen molar-refractivity contribution < 1.29 is 9.53 Å². The van der Waals surface area contributed by atoms with Crippen LogP contribution in [0.25, 0.3) is 0 Å². The zero-order valence-electron chi connectivity index (χ0n) is 10.7. The second-order valence-corrected chi connectivity index (χ2v) is 4.73. The maximum atomic E-state index is 11.9. The van der Waals surface area contributed by atoms with Gasteiger partial charge in [0.25, 0.3) is 0 Å². The van der Waals surface area contributed by atoms with Crippen molar-refractivity contribution in [1.82, 2.24) is 0 Å². The van der Waals surface area contributed by atoms with Gasteiger partial charge >= 0.3 is 0 Å². The van der Waals surface area contributed by atoms with Crippen LogP contribution >= 0.6 is 11.6 Å². The summed E-state index contributed by atoms with van der Waals surface area (Å²) in [5, 5.41) is 0.557. The van der Waals surface area contributed by atoms with Gasteiger partial charge < -0.3 is 4.74 Å². The lowest BCUT2D eigenvalue weighted by atomic mass is 10.1. The predicted octanol–water partition coefficient (Wildman–Crippen LogP) is 4.30. The largest absolute Gasteiger partial charge is 0.366 e. The van der Waals surface area contributed by atoms with E-state index in [1.807, 2.05) is 37.3 Å². The first-order chi connectivity index (χ1) is 9.16. The lowest BCUT2D eigenvalue weighted by Gasteiger charge is -2.12. The Morgan fingerprint density at radius 3 is 2.58 bits per heavy atom. The molecule has 0 aliphatic heterocycles. The van der Waals surface area contributed by atoms with E-state index in [9.17, 15) is 4.79 Å². The van der Waals surface area contributed by atoms with E-state index in [-0.39, 0.29) is 18.5 Å². The minimum absolute atomic E-state index is 0.0520. The standard InChI is InChI=1S/C16H15ClO2/c1-12(13-6-3-2-4-7-13)19-11-16(18)14-8-5-9-15(17)10-14/h2-10,12H,11H2,1H3. The molecule has 0 N–H and O–H groups in total. The molecule has 0 aliphatic carbocycles. The average Bonchev–Trinajstić information content (AvgIpc) is 2.45. The molecular weight excluding hydrogens is 260 g/mol. The summed E-state index contributed by atoms with van der Waals surface area (Å²) >= 11 is 5.85. The second kappa shape index (κ2) is 6.50. The van der Waals surface area contributed by atoms with E-state index in [1.165, 1.54) is 0 Å². The van der Waals surface area contributed by atoms with Gasteiger partial charge in [-0.3, -0.25) is 4.79 Å². The molecule has 0 amide bonds. The highest BCUT2D eigenvalue weighted by molar-refractivity contribution is 6.31. The first-order valence-corrected chi connectivity index (χ1v) is 6.50. The van der Waals surface area contributed by atoms with E-state index in [0.717, 1.165) is 5.56 Å². The third-order valence-electron chi connectivity index (χ3n) is 2.88. The lowest BCUT2D eigenvalue weighted by Crippen LogP contribution is -2.11. The molecule has 0 fully saturated rings. The van der Waals surface area contributed by atoms with Gasteiger partial charge in [-0.15, -0.1) is 0 Å². The zero-order chi connectivity index (χ0) is 13.7. The van der Waals surface area contributed by atoms with Gasteiger partial charge in [-0.2, -0.15) is 0 Å². The van der Waals surface area contributed by atoms with Gasteiger partial charge in [0.15, 0.2) is 5.78 Å². The Morgan fingerprint density at radius 2 is 1.89 bits per heavy atom. The fourth-order valence-corrected chi connectivity index (χ4v) is 1.96. The summed E-state index contributed by atoms with van der Waals surface area (Å²) in [4.78, 5) is 11.9. The molecule has 2 aromatic rings. The molecule has 0 heterocycles. The molecule has 1 atom stereocenters. The lowest BCUT2D eigenvalue weighted by molar-refractivity contribution is 0.0521. The third kappa shape index (κ3) is 3.91. The Labute approximate surface area is 118 Å². The smallest absolute Gasteiger partial charge is 0.188 e. The van der Waals surface area contributed by atoms with Crippen LogP contribution in [0.15, 0.2) is 54.6 Å². The van der Waals surface area contributed by atoms with Crippen molar-refractivity contribution in [1.29, 1.82) is 0 Å². The van der Waals surface area contributed by atoms with Crippen molar-refractivity contribution in [2.24, 2.45) is 0 Å². The molecule has 0 spiro atoms. The number of ether oxygens (including phenoxy) is 1. The van der Waals surface area contributed by atoms with Crippen molar-refractivity contribution in [3.63, 3.8) is 0 Å². The zero-order valence-corrected chi connectivity index (χ0v) is 11.4. The summed E-state index contributed by atoms with van der Waals surface area (Å²) in [6.45, 7) is 1.98. The monoisotopic (exact) mass is 274 g/mol. The van der Waals surface area contributed by atoms with Crippen LogP contribution in [0.2, 0.25) is 5.02 Å². The fraction of sp³-hybridized carbons (Fsp3) is 0.188. The highest BCUT2D eigenvalue weighted by Crippen LogP contribution is 2.17. The fourth-order valence-electron chi connectivity index (χ4n) is 1.77. The van der Waals surface area contributed by atoms with Crippen molar-refractivity contribution in [3.8, 4) is 0 Å². The van der Waals surface area contributed by atoms with Crippen molar-refractivity contribution in [3.05, 3.63) is 70.7 Å². The normalized spacial score (nSPS) is 12.1. The maximum Gasteiger partial charge on any atom is 0.188 e. The van der Waals surface area contributed by atoms with Gasteiger partial charge in [-0.1, -0.05) is 54.1 Å². The molecule has 0 radical (unpaired) electrons. The first-order valence-electron chi connectivity index (χ1n) is 6.12. The SMILES string of the molecule is CC(OCC(=O)c1cccc(Cl)c1)c1ccccc1. The molecule has 0 saturated heterocycles. The maximum absolute atomic E-state index is 11.9. The molecule has 2 aromatic carbocycles. The molecule has 0 bridgehead atoms. The molecule has 1 unspecified atom stereocenters. The summed E-state index contributed by atoms with van der Waals surface area (Å²) in [5.41, 5.74) is 1.63. The highest BCUT2D eigenvalue weighted by Gasteiger charge is 2.10. The molecule has 3 heteroatoms. The van der Waals surface area contributed by atoms with Gasteiger partial charge in [-0.25, -0.2) is 0 Å². The van der Waals surface area contributed by atoms with E-state index < -0.39 is 0 Å². The number of carbonyl (C=O) groups is 1. The average molecular weight is 275 g/mol. The molecule has 98 valence electrons. The van der Waals surface area contributed by atoms with Crippen LogP contribution in [-0.4, -0.2) is 12.4 Å². The van der Waals surface area contributed by atoms with E-state index >= 15 is 0 Å². The number of ketones is 1. The minimum Gasteiger partial charge on any atom is -0.366 e. The van der Waals surface area contributed by atoms with Crippen LogP contribution < -0.4 is 0 Å². The van der Waals surface area contributed by atoms with Crippen LogP contribution in [0.4, 0.5) is 0 Å². The highest BCUT2D eigenvalue weighted by atomic mass is 35.5. The second-order valence-electron chi connectivity index (χ2n) is 4.30. The summed E-state index contributed by atoms with van der Waals surface area (Å²) in [6.07, 6.45) is -0.107. The molecular formula is C16H15ClO2. The third-order valence-corrected chi connectivity index (χ3v) is 3.12. The van der Waals surface area contributed by atoms with Crippen molar-refractivity contribution in [2.45, 2.75) is 13.0 Å². The summed E-state index contributed by atoms with van der Waals surface area (Å²) in [6, 6.07) is 16.7. The summed E-state index contributed by atoms with van der Waals surface area (Å²) < 4.78 is 5.59. The molecule has 2 nitrogen and oxygen atoms in total. The Balaban J connectivity index is 1.94. The quantitative estimate of drug-likeness (QED) is 0.760. The number of hydrogen-bond acceptors (Lipinski definition) is 2. The predicted molar refractivity (Wildman–Crippen MR) is 76.6 cm³/mol. The van der Waals surface area contributed by atoms with Crippen LogP contribution in [-0.2, 0) is 4.74 Å². The number of carbonyl (C=O) groups excluding carboxylic acids is 1. The van der Waals surface area contributed by atoms with Gasteiger partial charge in [-0.05, 0) is 24.6 Å². The molecule has 0 aromatic heterocycles. The topological polar surface area (TPSA) is 26.3 Å². The Kier molecular flexibility index (Phi) is 4.72. The summed E-state index contributed by atoms with van der Waals surface area (Å²) in [5.74, 6) is -0.0646. The van der Waals surface area contributed by atoms with Crippen LogP contribution in [0.5, 0.6) is 0 Å². The number of rotatable bonds is 5. The van der Waals surface area contributed by atoms with Crippen LogP contribution in [0.1, 0.15) is 28.9 Å². The van der Waals surface area contributed by atoms with Gasteiger partial charge in [0.2, 0.25) is 0 Å². The van der Waals surface area contributed by atoms with Gasteiger partial charge in [0.05, 0.1) is 6.10 Å². The Morgan fingerprint density at radius 1 is 1.16 bits per heavy atom. The number of benzene rings is 2. The number of halogens is 1. The van der Waals surface area contributed by atoms with Gasteiger partial charge in [0.1, 0.15) is 6.61 Å². The van der Waals surface area contributed by atoms with Crippen LogP contribution in [0, 0.1) is 0 Å². The number of hydrogen-bond donors (Lipinski definition) is 0. The number of Topliss-reactive ketones (excluding diaryl/α,β-unsaturated/α-hetero) is 1. The van der Waals surface area contributed by atoms with E-state index in [0.29, 0.717) is 10.6 Å². The van der Waals surface area contributed by atoms with Crippen molar-refractivity contribution in [2.75, 3.05) is 6.61 Å². The molecule has 0 aliphatic rings. The Bertz CT molecular complexity index is 552. The summed E-state index contributed by atoms with van der Waals surface area (Å²) in [7, 11) is 0. The van der Waals surface area contributed by atoms with Crippen LogP contribution in [0.3, 0.4) is 0 Å². The Hall–Kier alpha value is -1.64. The minimum atomic E-state index is -0.107. The van der Waals surface area contributed by atoms with E-state index in [1.54, 1.807) is 24.3 Å². The first kappa shape index (κ1) is 13.8. The van der Waals surface area contributed by atoms with Gasteiger partial charge in [0, 0.05) is 10.6 Å². The molecule has 19 heavy (non-hydrogen) atoms. The van der Waals surface area contributed by atoms with Crippen molar-refractivity contribution >= 4 is 17.4 Å². The molecule has 0 saturated carbocycles. The molecule has 2 rings (SSSR count). The van der Waals surface area contributed by atoms with E-state index in [2.05, 4.69) is 0 Å². The van der Waals surface area contributed by atoms with E-state index in [4.69, 9.17) is 16.3 Å².